The van der Waals surface area contributed by atoms with E-state index in [0.29, 0.717) is 12.6 Å². The van der Waals surface area contributed by atoms with Gasteiger partial charge in [0.15, 0.2) is 0 Å². The van der Waals surface area contributed by atoms with Crippen molar-refractivity contribution >= 4 is 0 Å². The van der Waals surface area contributed by atoms with Gasteiger partial charge in [-0.05, 0) is 50.4 Å². The maximum absolute atomic E-state index is 9.44. The SMILES string of the molecule is CCCNC(C)Cc1ccc(OCC(O)CC)cc1. The van der Waals surface area contributed by atoms with Crippen molar-refractivity contribution in [3.8, 4) is 5.75 Å². The number of nitrogens with one attached hydrogen (secondary N) is 1. The van der Waals surface area contributed by atoms with Gasteiger partial charge in [0.05, 0.1) is 6.10 Å². The molecule has 0 aliphatic heterocycles. The fourth-order valence-electron chi connectivity index (χ4n) is 1.85. The summed E-state index contributed by atoms with van der Waals surface area (Å²) in [5, 5.41) is 12.9. The summed E-state index contributed by atoms with van der Waals surface area (Å²) in [6.45, 7) is 7.76. The molecule has 0 aliphatic rings. The van der Waals surface area contributed by atoms with E-state index in [1.165, 1.54) is 5.56 Å². The van der Waals surface area contributed by atoms with Crippen LogP contribution in [0.2, 0.25) is 0 Å². The van der Waals surface area contributed by atoms with Crippen LogP contribution in [0.25, 0.3) is 0 Å². The first-order chi connectivity index (χ1) is 9.15. The summed E-state index contributed by atoms with van der Waals surface area (Å²) in [5.74, 6) is 0.824. The summed E-state index contributed by atoms with van der Waals surface area (Å²) < 4.78 is 5.52. The number of aliphatic hydroxyl groups is 1. The van der Waals surface area contributed by atoms with Crippen molar-refractivity contribution in [3.63, 3.8) is 0 Å². The third-order valence-electron chi connectivity index (χ3n) is 3.12. The Bertz CT molecular complexity index is 337. The number of hydrogen-bond donors (Lipinski definition) is 2. The van der Waals surface area contributed by atoms with E-state index in [1.54, 1.807) is 0 Å². The lowest BCUT2D eigenvalue weighted by Crippen LogP contribution is -2.28. The monoisotopic (exact) mass is 265 g/mol. The Labute approximate surface area is 117 Å². The van der Waals surface area contributed by atoms with Gasteiger partial charge >= 0.3 is 0 Å². The molecule has 0 fully saturated rings. The molecule has 2 N–H and O–H groups in total. The Morgan fingerprint density at radius 3 is 2.47 bits per heavy atom. The zero-order valence-corrected chi connectivity index (χ0v) is 12.4. The van der Waals surface area contributed by atoms with Crippen LogP contribution in [0.4, 0.5) is 0 Å². The van der Waals surface area contributed by atoms with Crippen LogP contribution in [-0.2, 0) is 6.42 Å². The molecule has 108 valence electrons. The normalized spacial score (nSPS) is 14.1. The molecule has 3 nitrogen and oxygen atoms in total. The topological polar surface area (TPSA) is 41.5 Å². The molecule has 0 spiro atoms. The molecule has 0 saturated carbocycles. The highest BCUT2D eigenvalue weighted by atomic mass is 16.5. The summed E-state index contributed by atoms with van der Waals surface area (Å²) in [6.07, 6.45) is 2.53. The van der Waals surface area contributed by atoms with Crippen molar-refractivity contribution in [3.05, 3.63) is 29.8 Å². The van der Waals surface area contributed by atoms with Gasteiger partial charge in [0, 0.05) is 6.04 Å². The Balaban J connectivity index is 2.38. The number of rotatable bonds is 9. The third kappa shape index (κ3) is 6.60. The minimum Gasteiger partial charge on any atom is -0.491 e. The molecule has 1 aromatic rings. The van der Waals surface area contributed by atoms with Crippen molar-refractivity contribution < 1.29 is 9.84 Å². The molecule has 19 heavy (non-hydrogen) atoms. The molecular weight excluding hydrogens is 238 g/mol. The van der Waals surface area contributed by atoms with Gasteiger partial charge < -0.3 is 15.2 Å². The van der Waals surface area contributed by atoms with Crippen LogP contribution in [0, 0.1) is 0 Å². The van der Waals surface area contributed by atoms with Gasteiger partial charge in [-0.25, -0.2) is 0 Å². The lowest BCUT2D eigenvalue weighted by atomic mass is 10.1. The lowest BCUT2D eigenvalue weighted by Gasteiger charge is -2.14. The molecule has 2 unspecified atom stereocenters. The number of benzene rings is 1. The summed E-state index contributed by atoms with van der Waals surface area (Å²) in [6, 6.07) is 8.64. The fraction of sp³-hybridized carbons (Fsp3) is 0.625. The Hall–Kier alpha value is -1.06. The van der Waals surface area contributed by atoms with Crippen molar-refractivity contribution in [1.29, 1.82) is 0 Å². The van der Waals surface area contributed by atoms with Gasteiger partial charge in [0.2, 0.25) is 0 Å². The van der Waals surface area contributed by atoms with Crippen LogP contribution in [0.15, 0.2) is 24.3 Å². The van der Waals surface area contributed by atoms with Crippen LogP contribution >= 0.6 is 0 Å². The van der Waals surface area contributed by atoms with E-state index in [4.69, 9.17) is 4.74 Å². The van der Waals surface area contributed by atoms with Crippen LogP contribution in [0.5, 0.6) is 5.75 Å². The van der Waals surface area contributed by atoms with Crippen LogP contribution in [-0.4, -0.2) is 30.4 Å². The summed E-state index contributed by atoms with van der Waals surface area (Å²) in [4.78, 5) is 0. The van der Waals surface area contributed by atoms with Crippen molar-refractivity contribution in [1.82, 2.24) is 5.32 Å². The van der Waals surface area contributed by atoms with Crippen molar-refractivity contribution in [2.75, 3.05) is 13.2 Å². The molecule has 3 heteroatoms. The number of aliphatic hydroxyl groups excluding tert-OH is 1. The van der Waals surface area contributed by atoms with Gasteiger partial charge in [-0.2, -0.15) is 0 Å². The van der Waals surface area contributed by atoms with Crippen molar-refractivity contribution in [2.24, 2.45) is 0 Å². The molecule has 0 aliphatic carbocycles. The highest BCUT2D eigenvalue weighted by molar-refractivity contribution is 5.27. The minimum absolute atomic E-state index is 0.365. The van der Waals surface area contributed by atoms with E-state index >= 15 is 0 Å². The molecule has 0 aromatic heterocycles. The van der Waals surface area contributed by atoms with E-state index < -0.39 is 0 Å². The average molecular weight is 265 g/mol. The Morgan fingerprint density at radius 2 is 1.89 bits per heavy atom. The molecule has 1 aromatic carbocycles. The largest absolute Gasteiger partial charge is 0.491 e. The standard InChI is InChI=1S/C16H27NO2/c1-4-10-17-13(3)11-14-6-8-16(9-7-14)19-12-15(18)5-2/h6-9,13,15,17-18H,4-5,10-12H2,1-3H3. The summed E-state index contributed by atoms with van der Waals surface area (Å²) in [7, 11) is 0. The van der Waals surface area contributed by atoms with E-state index in [2.05, 4.69) is 31.3 Å². The molecular formula is C16H27NO2. The highest BCUT2D eigenvalue weighted by Gasteiger charge is 2.04. The van der Waals surface area contributed by atoms with E-state index in [0.717, 1.165) is 31.6 Å². The van der Waals surface area contributed by atoms with Gasteiger partial charge in [-0.1, -0.05) is 26.0 Å². The minimum atomic E-state index is -0.377. The second-order valence-corrected chi connectivity index (χ2v) is 5.08. The molecule has 0 saturated heterocycles. The smallest absolute Gasteiger partial charge is 0.119 e. The maximum atomic E-state index is 9.44. The molecule has 0 heterocycles. The fourth-order valence-corrected chi connectivity index (χ4v) is 1.85. The summed E-state index contributed by atoms with van der Waals surface area (Å²) >= 11 is 0. The summed E-state index contributed by atoms with van der Waals surface area (Å²) in [5.41, 5.74) is 1.31. The molecule has 2 atom stereocenters. The Morgan fingerprint density at radius 1 is 1.21 bits per heavy atom. The van der Waals surface area contributed by atoms with Crippen molar-refractivity contribution in [2.45, 2.75) is 52.2 Å². The average Bonchev–Trinajstić information content (AvgIpc) is 2.44. The van der Waals surface area contributed by atoms with E-state index in [1.807, 2.05) is 19.1 Å². The predicted octanol–water partition coefficient (Wildman–Crippen LogP) is 2.77. The quantitative estimate of drug-likeness (QED) is 0.721. The van der Waals surface area contributed by atoms with Crippen LogP contribution < -0.4 is 10.1 Å². The van der Waals surface area contributed by atoms with Gasteiger partial charge in [-0.3, -0.25) is 0 Å². The lowest BCUT2D eigenvalue weighted by molar-refractivity contribution is 0.104. The maximum Gasteiger partial charge on any atom is 0.119 e. The number of ether oxygens (including phenoxy) is 1. The first-order valence-corrected chi connectivity index (χ1v) is 7.28. The second-order valence-electron chi connectivity index (χ2n) is 5.08. The van der Waals surface area contributed by atoms with Crippen LogP contribution in [0.3, 0.4) is 0 Å². The molecule has 0 amide bonds. The van der Waals surface area contributed by atoms with E-state index in [-0.39, 0.29) is 6.10 Å². The van der Waals surface area contributed by atoms with Gasteiger partial charge in [-0.15, -0.1) is 0 Å². The van der Waals surface area contributed by atoms with E-state index in [9.17, 15) is 5.11 Å². The van der Waals surface area contributed by atoms with Crippen LogP contribution in [0.1, 0.15) is 39.2 Å². The predicted molar refractivity (Wildman–Crippen MR) is 79.7 cm³/mol. The first-order valence-electron chi connectivity index (χ1n) is 7.28. The Kier molecular flexibility index (Phi) is 7.53. The zero-order chi connectivity index (χ0) is 14.1. The highest BCUT2D eigenvalue weighted by Crippen LogP contribution is 2.14. The molecule has 0 bridgehead atoms. The second kappa shape index (κ2) is 8.94. The molecule has 1 rings (SSSR count). The first kappa shape index (κ1) is 16.0. The van der Waals surface area contributed by atoms with Gasteiger partial charge in [0.1, 0.15) is 12.4 Å². The third-order valence-corrected chi connectivity index (χ3v) is 3.12. The van der Waals surface area contributed by atoms with Gasteiger partial charge in [0.25, 0.3) is 0 Å². The molecule has 0 radical (unpaired) electrons. The zero-order valence-electron chi connectivity index (χ0n) is 12.4. The number of hydrogen-bond acceptors (Lipinski definition) is 3.